The van der Waals surface area contributed by atoms with Gasteiger partial charge in [0.25, 0.3) is 0 Å². The van der Waals surface area contributed by atoms with Gasteiger partial charge in [0, 0.05) is 24.4 Å². The summed E-state index contributed by atoms with van der Waals surface area (Å²) in [6.07, 6.45) is 3.38. The number of unbranched alkanes of at least 4 members (excludes halogenated alkanes) is 2. The highest BCUT2D eigenvalue weighted by atomic mass is 16.5. The Morgan fingerprint density at radius 3 is 2.30 bits per heavy atom. The molecular formula is C14H29N5O4. The van der Waals surface area contributed by atoms with Gasteiger partial charge < -0.3 is 25.3 Å². The second kappa shape index (κ2) is 18.7. The van der Waals surface area contributed by atoms with Gasteiger partial charge in [-0.25, -0.2) is 0 Å². The van der Waals surface area contributed by atoms with Crippen LogP contribution in [0.5, 0.6) is 0 Å². The summed E-state index contributed by atoms with van der Waals surface area (Å²) in [6.45, 7) is 4.28. The molecule has 0 unspecified atom stereocenters. The lowest BCUT2D eigenvalue weighted by Crippen LogP contribution is -2.27. The van der Waals surface area contributed by atoms with E-state index >= 15 is 0 Å². The van der Waals surface area contributed by atoms with E-state index in [2.05, 4.69) is 15.3 Å². The zero-order valence-electron chi connectivity index (χ0n) is 13.7. The largest absolute Gasteiger partial charge is 0.379 e. The molecule has 0 saturated carbocycles. The minimum absolute atomic E-state index is 0.0553. The van der Waals surface area contributed by atoms with Crippen molar-refractivity contribution < 1.29 is 19.0 Å². The molecule has 0 saturated heterocycles. The molecule has 9 nitrogen and oxygen atoms in total. The molecule has 0 bridgehead atoms. The van der Waals surface area contributed by atoms with E-state index in [1.165, 1.54) is 0 Å². The lowest BCUT2D eigenvalue weighted by molar-refractivity contribution is -0.121. The molecule has 0 aromatic rings. The lowest BCUT2D eigenvalue weighted by atomic mass is 10.2. The van der Waals surface area contributed by atoms with Crippen molar-refractivity contribution in [2.24, 2.45) is 10.8 Å². The molecule has 0 aromatic heterocycles. The number of hydrogen-bond acceptors (Lipinski definition) is 6. The first-order valence-corrected chi connectivity index (χ1v) is 8.02. The Bertz CT molecular complexity index is 324. The molecule has 3 N–H and O–H groups in total. The van der Waals surface area contributed by atoms with Crippen LogP contribution in [0.15, 0.2) is 5.11 Å². The van der Waals surface area contributed by atoms with E-state index in [0.29, 0.717) is 65.7 Å². The number of nitrogens with zero attached hydrogens (tertiary/aromatic N) is 3. The highest BCUT2D eigenvalue weighted by molar-refractivity contribution is 5.75. The van der Waals surface area contributed by atoms with Gasteiger partial charge in [0.15, 0.2) is 0 Å². The van der Waals surface area contributed by atoms with Crippen LogP contribution in [0.2, 0.25) is 0 Å². The fourth-order valence-corrected chi connectivity index (χ4v) is 1.65. The molecule has 134 valence electrons. The molecule has 23 heavy (non-hydrogen) atoms. The normalized spacial score (nSPS) is 10.3. The molecule has 0 rings (SSSR count). The molecule has 0 fully saturated rings. The van der Waals surface area contributed by atoms with Gasteiger partial charge in [0.1, 0.15) is 0 Å². The van der Waals surface area contributed by atoms with Gasteiger partial charge in [-0.05, 0) is 24.9 Å². The van der Waals surface area contributed by atoms with Crippen LogP contribution in [0, 0.1) is 0 Å². The van der Waals surface area contributed by atoms with Gasteiger partial charge in [0.2, 0.25) is 5.91 Å². The number of carbonyl (C=O) groups is 1. The van der Waals surface area contributed by atoms with Crippen molar-refractivity contribution in [1.82, 2.24) is 5.32 Å². The van der Waals surface area contributed by atoms with Gasteiger partial charge in [-0.15, -0.1) is 0 Å². The molecular weight excluding hydrogens is 302 g/mol. The predicted molar refractivity (Wildman–Crippen MR) is 87.0 cm³/mol. The van der Waals surface area contributed by atoms with E-state index in [1.807, 2.05) is 0 Å². The molecule has 0 aliphatic rings. The van der Waals surface area contributed by atoms with Gasteiger partial charge in [-0.2, -0.15) is 0 Å². The Hall–Kier alpha value is -1.38. The number of rotatable bonds is 17. The van der Waals surface area contributed by atoms with Gasteiger partial charge in [-0.1, -0.05) is 11.5 Å². The molecule has 0 aromatic carbocycles. The minimum Gasteiger partial charge on any atom is -0.379 e. The van der Waals surface area contributed by atoms with Crippen LogP contribution in [-0.4, -0.2) is 65.2 Å². The van der Waals surface area contributed by atoms with E-state index < -0.39 is 0 Å². The summed E-state index contributed by atoms with van der Waals surface area (Å²) < 4.78 is 15.8. The first-order valence-electron chi connectivity index (χ1n) is 8.02. The number of amides is 1. The zero-order chi connectivity index (χ0) is 17.0. The standard InChI is InChI=1S/C14H29N5O4/c15-5-3-1-2-4-14(20)17-6-8-21-10-12-23-13-11-22-9-7-18-19-16/h1-13,15H2,(H,17,20). The monoisotopic (exact) mass is 331 g/mol. The highest BCUT2D eigenvalue weighted by Crippen LogP contribution is 1.97. The third-order valence-corrected chi connectivity index (χ3v) is 2.82. The Balaban J connectivity index is 3.12. The summed E-state index contributed by atoms with van der Waals surface area (Å²) in [6, 6.07) is 0. The average molecular weight is 331 g/mol. The van der Waals surface area contributed by atoms with Crippen molar-refractivity contribution in [3.63, 3.8) is 0 Å². The quantitative estimate of drug-likeness (QED) is 0.177. The summed E-state index contributed by atoms with van der Waals surface area (Å²) in [7, 11) is 0. The number of nitrogens with two attached hydrogens (primary N) is 1. The second-order valence-electron chi connectivity index (χ2n) is 4.74. The fourth-order valence-electron chi connectivity index (χ4n) is 1.65. The second-order valence-corrected chi connectivity index (χ2v) is 4.74. The number of nitrogens with one attached hydrogen (secondary N) is 1. The first kappa shape index (κ1) is 21.6. The third kappa shape index (κ3) is 18.6. The maximum Gasteiger partial charge on any atom is 0.220 e. The van der Waals surface area contributed by atoms with Crippen LogP contribution in [0.25, 0.3) is 10.4 Å². The Morgan fingerprint density at radius 2 is 1.65 bits per heavy atom. The van der Waals surface area contributed by atoms with E-state index in [-0.39, 0.29) is 5.91 Å². The van der Waals surface area contributed by atoms with Crippen LogP contribution in [-0.2, 0) is 19.0 Å². The number of carbonyl (C=O) groups excluding carboxylic acids is 1. The molecule has 0 spiro atoms. The van der Waals surface area contributed by atoms with E-state index in [9.17, 15) is 4.79 Å². The van der Waals surface area contributed by atoms with E-state index in [1.54, 1.807) is 0 Å². The zero-order valence-corrected chi connectivity index (χ0v) is 13.7. The fraction of sp³-hybridized carbons (Fsp3) is 0.929. The van der Waals surface area contributed by atoms with E-state index in [0.717, 1.165) is 19.3 Å². The molecule has 0 aliphatic carbocycles. The van der Waals surface area contributed by atoms with Crippen molar-refractivity contribution in [3.8, 4) is 0 Å². The van der Waals surface area contributed by atoms with Gasteiger partial charge in [0.05, 0.1) is 39.6 Å². The highest BCUT2D eigenvalue weighted by Gasteiger charge is 1.99. The van der Waals surface area contributed by atoms with Crippen LogP contribution in [0.1, 0.15) is 25.7 Å². The van der Waals surface area contributed by atoms with Crippen molar-refractivity contribution in [1.29, 1.82) is 0 Å². The Kier molecular flexibility index (Phi) is 17.5. The summed E-state index contributed by atoms with van der Waals surface area (Å²) in [5.41, 5.74) is 13.4. The van der Waals surface area contributed by atoms with Crippen molar-refractivity contribution in [3.05, 3.63) is 10.4 Å². The lowest BCUT2D eigenvalue weighted by Gasteiger charge is -2.07. The van der Waals surface area contributed by atoms with Gasteiger partial charge >= 0.3 is 0 Å². The summed E-state index contributed by atoms with van der Waals surface area (Å²) >= 11 is 0. The van der Waals surface area contributed by atoms with Crippen molar-refractivity contribution in [2.75, 3.05) is 59.3 Å². The molecule has 0 atom stereocenters. The smallest absolute Gasteiger partial charge is 0.220 e. The molecule has 0 radical (unpaired) electrons. The first-order chi connectivity index (χ1) is 11.3. The summed E-state index contributed by atoms with van der Waals surface area (Å²) in [4.78, 5) is 14.1. The predicted octanol–water partition coefficient (Wildman–Crippen LogP) is 0.982. The Morgan fingerprint density at radius 1 is 1.00 bits per heavy atom. The molecule has 0 aliphatic heterocycles. The Labute approximate surface area is 137 Å². The number of ether oxygens (including phenoxy) is 3. The maximum absolute atomic E-state index is 11.4. The summed E-state index contributed by atoms with van der Waals surface area (Å²) in [5.74, 6) is 0.0553. The third-order valence-electron chi connectivity index (χ3n) is 2.82. The molecule has 0 heterocycles. The minimum atomic E-state index is 0.0553. The van der Waals surface area contributed by atoms with Crippen LogP contribution < -0.4 is 11.1 Å². The van der Waals surface area contributed by atoms with E-state index in [4.69, 9.17) is 25.5 Å². The summed E-state index contributed by atoms with van der Waals surface area (Å²) in [5, 5.41) is 6.15. The van der Waals surface area contributed by atoms with Gasteiger partial charge in [-0.3, -0.25) is 4.79 Å². The van der Waals surface area contributed by atoms with Crippen molar-refractivity contribution in [2.45, 2.75) is 25.7 Å². The number of azide groups is 1. The topological polar surface area (TPSA) is 132 Å². The SMILES string of the molecule is [N-]=[N+]=NCCOCCOCCOCCNC(=O)CCCCCN. The van der Waals surface area contributed by atoms with Crippen molar-refractivity contribution >= 4 is 5.91 Å². The van der Waals surface area contributed by atoms with Crippen LogP contribution in [0.4, 0.5) is 0 Å². The maximum atomic E-state index is 11.4. The van der Waals surface area contributed by atoms with Crippen LogP contribution in [0.3, 0.4) is 0 Å². The van der Waals surface area contributed by atoms with Crippen LogP contribution >= 0.6 is 0 Å². The number of hydrogen-bond donors (Lipinski definition) is 2. The average Bonchev–Trinajstić information content (AvgIpc) is 2.56. The molecule has 9 heteroatoms. The molecule has 1 amide bonds.